The van der Waals surface area contributed by atoms with Gasteiger partial charge in [-0.15, -0.1) is 0 Å². The van der Waals surface area contributed by atoms with Crippen LogP contribution in [0.4, 0.5) is 13.2 Å². The Balaban J connectivity index is 2.31. The molecular weight excluding hydrogens is 464 g/mol. The van der Waals surface area contributed by atoms with Crippen LogP contribution in [0.15, 0.2) is 36.4 Å². The highest BCUT2D eigenvalue weighted by atomic mass is 35.5. The Kier molecular flexibility index (Phi) is 7.85. The molecular formula is C19H12BCl3F3NO3. The monoisotopic (exact) mass is 475 g/mol. The van der Waals surface area contributed by atoms with Crippen LogP contribution in [-0.4, -0.2) is 37.6 Å². The van der Waals surface area contributed by atoms with E-state index in [0.29, 0.717) is 5.56 Å². The minimum absolute atomic E-state index is 0.00274. The molecule has 2 N–H and O–H groups in total. The number of hydrogen-bond donors (Lipinski definition) is 2. The molecule has 156 valence electrons. The SMILES string of the molecule is [B]c1cc(/C=C/C(c2cc(Cl)c(Cl)c(Cl)c2)C(F)(F)F)ccc1C(=O)NCC(=O)O. The van der Waals surface area contributed by atoms with E-state index < -0.39 is 30.5 Å². The molecule has 2 aromatic carbocycles. The van der Waals surface area contributed by atoms with Crippen molar-refractivity contribution in [1.82, 2.24) is 5.32 Å². The van der Waals surface area contributed by atoms with Gasteiger partial charge in [0.05, 0.1) is 21.0 Å². The predicted molar refractivity (Wildman–Crippen MR) is 111 cm³/mol. The third-order valence-electron chi connectivity index (χ3n) is 3.92. The van der Waals surface area contributed by atoms with Gasteiger partial charge in [-0.2, -0.15) is 13.2 Å². The molecule has 1 amide bonds. The number of carboxylic acids is 1. The van der Waals surface area contributed by atoms with Crippen LogP contribution in [0.25, 0.3) is 6.08 Å². The normalized spacial score (nSPS) is 12.7. The molecule has 2 aromatic rings. The first-order valence-corrected chi connectivity index (χ1v) is 9.32. The van der Waals surface area contributed by atoms with E-state index in [0.717, 1.165) is 18.2 Å². The van der Waals surface area contributed by atoms with Crippen molar-refractivity contribution in [3.05, 3.63) is 68.2 Å². The van der Waals surface area contributed by atoms with Crippen LogP contribution >= 0.6 is 34.8 Å². The Morgan fingerprint density at radius 3 is 2.23 bits per heavy atom. The molecule has 0 aliphatic carbocycles. The summed E-state index contributed by atoms with van der Waals surface area (Å²) in [5, 5.41) is 10.5. The number of carbonyl (C=O) groups is 2. The minimum atomic E-state index is -4.64. The lowest BCUT2D eigenvalue weighted by molar-refractivity contribution is -0.139. The number of amides is 1. The number of halogens is 6. The number of nitrogens with one attached hydrogen (secondary N) is 1. The van der Waals surface area contributed by atoms with E-state index in [1.807, 2.05) is 0 Å². The molecule has 1 unspecified atom stereocenters. The van der Waals surface area contributed by atoms with Crippen molar-refractivity contribution in [1.29, 1.82) is 0 Å². The van der Waals surface area contributed by atoms with Crippen LogP contribution < -0.4 is 10.8 Å². The summed E-state index contributed by atoms with van der Waals surface area (Å²) in [6.07, 6.45) is -2.56. The molecule has 0 spiro atoms. The van der Waals surface area contributed by atoms with Crippen molar-refractivity contribution in [3.63, 3.8) is 0 Å². The molecule has 0 saturated carbocycles. The highest BCUT2D eigenvalue weighted by molar-refractivity contribution is 6.48. The lowest BCUT2D eigenvalue weighted by atomic mass is 9.88. The molecule has 2 radical (unpaired) electrons. The summed E-state index contributed by atoms with van der Waals surface area (Å²) in [4.78, 5) is 22.4. The Labute approximate surface area is 186 Å². The first-order chi connectivity index (χ1) is 13.9. The second kappa shape index (κ2) is 9.77. The Morgan fingerprint density at radius 2 is 1.73 bits per heavy atom. The van der Waals surface area contributed by atoms with E-state index >= 15 is 0 Å². The fraction of sp³-hybridized carbons (Fsp3) is 0.158. The van der Waals surface area contributed by atoms with Gasteiger partial charge >= 0.3 is 12.1 Å². The maximum Gasteiger partial charge on any atom is 0.399 e. The highest BCUT2D eigenvalue weighted by Gasteiger charge is 2.39. The second-order valence-corrected chi connectivity index (χ2v) is 7.29. The summed E-state index contributed by atoms with van der Waals surface area (Å²) < 4.78 is 40.7. The number of alkyl halides is 3. The van der Waals surface area contributed by atoms with Gasteiger partial charge in [-0.3, -0.25) is 9.59 Å². The van der Waals surface area contributed by atoms with Crippen molar-refractivity contribution in [2.24, 2.45) is 0 Å². The standard InChI is InChI=1S/C19H12BCl3F3NO3/c20-13-5-9(1-3-11(13)18(30)27-8-16(28)29)2-4-12(19(24,25)26)10-6-14(21)17(23)15(22)7-10/h1-7,12H,8H2,(H,27,30)(H,28,29)/b4-2+. The van der Waals surface area contributed by atoms with E-state index in [-0.39, 0.29) is 31.7 Å². The lowest BCUT2D eigenvalue weighted by Crippen LogP contribution is -2.32. The first-order valence-electron chi connectivity index (χ1n) is 8.19. The zero-order valence-electron chi connectivity index (χ0n) is 14.9. The van der Waals surface area contributed by atoms with Crippen LogP contribution in [0.3, 0.4) is 0 Å². The van der Waals surface area contributed by atoms with Crippen LogP contribution in [-0.2, 0) is 4.79 Å². The van der Waals surface area contributed by atoms with E-state index in [9.17, 15) is 22.8 Å². The summed E-state index contributed by atoms with van der Waals surface area (Å²) in [7, 11) is 5.77. The topological polar surface area (TPSA) is 66.4 Å². The maximum absolute atomic E-state index is 13.6. The average molecular weight is 476 g/mol. The number of aliphatic carboxylic acids is 1. The van der Waals surface area contributed by atoms with Crippen molar-refractivity contribution in [2.75, 3.05) is 6.54 Å². The largest absolute Gasteiger partial charge is 0.480 e. The fourth-order valence-electron chi connectivity index (χ4n) is 2.51. The zero-order chi connectivity index (χ0) is 22.6. The minimum Gasteiger partial charge on any atom is -0.480 e. The van der Waals surface area contributed by atoms with Gasteiger partial charge < -0.3 is 10.4 Å². The zero-order valence-corrected chi connectivity index (χ0v) is 17.2. The number of carboxylic acid groups (broad SMARTS) is 1. The Hall–Kier alpha value is -2.16. The van der Waals surface area contributed by atoms with Gasteiger partial charge in [-0.05, 0) is 29.3 Å². The lowest BCUT2D eigenvalue weighted by Gasteiger charge is -2.18. The summed E-state index contributed by atoms with van der Waals surface area (Å²) >= 11 is 17.5. The molecule has 2 rings (SSSR count). The molecule has 11 heteroatoms. The van der Waals surface area contributed by atoms with Gasteiger partial charge in [0.1, 0.15) is 14.4 Å². The van der Waals surface area contributed by atoms with Crippen molar-refractivity contribution in [3.8, 4) is 0 Å². The quantitative estimate of drug-likeness (QED) is 0.473. The molecule has 0 bridgehead atoms. The molecule has 0 heterocycles. The summed E-state index contributed by atoms with van der Waals surface area (Å²) in [6.45, 7) is -0.598. The van der Waals surface area contributed by atoms with Gasteiger partial charge in [0.15, 0.2) is 0 Å². The molecule has 30 heavy (non-hydrogen) atoms. The van der Waals surface area contributed by atoms with Crippen LogP contribution in [0, 0.1) is 0 Å². The van der Waals surface area contributed by atoms with E-state index in [1.54, 1.807) is 0 Å². The van der Waals surface area contributed by atoms with Gasteiger partial charge in [0, 0.05) is 5.56 Å². The molecule has 0 aromatic heterocycles. The van der Waals surface area contributed by atoms with Crippen LogP contribution in [0.1, 0.15) is 27.4 Å². The average Bonchev–Trinajstić information content (AvgIpc) is 2.63. The number of benzene rings is 2. The summed E-state index contributed by atoms with van der Waals surface area (Å²) in [5.74, 6) is -3.98. The Bertz CT molecular complexity index is 989. The van der Waals surface area contributed by atoms with Gasteiger partial charge in [0.2, 0.25) is 0 Å². The molecule has 4 nitrogen and oxygen atoms in total. The third kappa shape index (κ3) is 6.17. The van der Waals surface area contributed by atoms with Gasteiger partial charge in [0.25, 0.3) is 5.91 Å². The van der Waals surface area contributed by atoms with Crippen LogP contribution in [0.5, 0.6) is 0 Å². The van der Waals surface area contributed by atoms with E-state index in [1.165, 1.54) is 24.3 Å². The number of rotatable bonds is 6. The summed E-state index contributed by atoms with van der Waals surface area (Å²) in [6, 6.07) is 6.12. The predicted octanol–water partition coefficient (Wildman–Crippen LogP) is 4.61. The van der Waals surface area contributed by atoms with Crippen molar-refractivity contribution in [2.45, 2.75) is 12.1 Å². The van der Waals surface area contributed by atoms with Gasteiger partial charge in [-0.1, -0.05) is 64.6 Å². The maximum atomic E-state index is 13.6. The number of hydrogen-bond acceptors (Lipinski definition) is 2. The van der Waals surface area contributed by atoms with Gasteiger partial charge in [-0.25, -0.2) is 0 Å². The summed E-state index contributed by atoms with van der Waals surface area (Å²) in [5.41, 5.74) is 0.0664. The Morgan fingerprint density at radius 1 is 1.13 bits per heavy atom. The molecule has 0 aliphatic rings. The molecule has 0 saturated heterocycles. The van der Waals surface area contributed by atoms with E-state index in [2.05, 4.69) is 5.32 Å². The van der Waals surface area contributed by atoms with Crippen LogP contribution in [0.2, 0.25) is 15.1 Å². The second-order valence-electron chi connectivity index (χ2n) is 6.10. The molecule has 1 atom stereocenters. The highest BCUT2D eigenvalue weighted by Crippen LogP contribution is 2.41. The number of allylic oxidation sites excluding steroid dienone is 1. The van der Waals surface area contributed by atoms with E-state index in [4.69, 9.17) is 47.8 Å². The number of carbonyl (C=O) groups excluding carboxylic acids is 1. The van der Waals surface area contributed by atoms with Crippen molar-refractivity contribution >= 4 is 66.1 Å². The smallest absolute Gasteiger partial charge is 0.399 e. The third-order valence-corrected chi connectivity index (χ3v) is 5.12. The molecule has 0 fully saturated rings. The molecule has 0 aliphatic heterocycles. The van der Waals surface area contributed by atoms with Crippen molar-refractivity contribution < 1.29 is 27.9 Å². The fourth-order valence-corrected chi connectivity index (χ4v) is 3.13. The first kappa shape index (κ1) is 24.1.